The second-order valence-electron chi connectivity index (χ2n) is 20.1. The van der Waals surface area contributed by atoms with Crippen molar-refractivity contribution >= 4 is 47.4 Å². The number of nitrogens with two attached hydrogens (primary N) is 2. The fourth-order valence-electron chi connectivity index (χ4n) is 8.56. The van der Waals surface area contributed by atoms with Crippen LogP contribution in [0.25, 0.3) is 11.3 Å². The number of unbranched alkanes of at least 4 members (excludes halogenated alkanes) is 2. The molecule has 0 saturated carbocycles. The fourth-order valence-corrected chi connectivity index (χ4v) is 8.56. The van der Waals surface area contributed by atoms with Crippen molar-refractivity contribution in [2.24, 2.45) is 28.7 Å². The van der Waals surface area contributed by atoms with Gasteiger partial charge in [0.2, 0.25) is 11.8 Å². The number of imide groups is 1. The van der Waals surface area contributed by atoms with Crippen molar-refractivity contribution in [1.29, 1.82) is 0 Å². The largest absolute Gasteiger partial charge is 0.439 e. The van der Waals surface area contributed by atoms with Gasteiger partial charge < -0.3 is 46.5 Å². The minimum atomic E-state index is -0.937. The van der Waals surface area contributed by atoms with Crippen LogP contribution >= 0.6 is 0 Å². The molecule has 2 heterocycles. The van der Waals surface area contributed by atoms with Gasteiger partial charge in [0.15, 0.2) is 12.4 Å². The molecule has 410 valence electrons. The number of urea groups is 1. The van der Waals surface area contributed by atoms with E-state index in [1.807, 2.05) is 51.1 Å². The average Bonchev–Trinajstić information content (AvgIpc) is 3.91. The number of rotatable bonds is 30. The van der Waals surface area contributed by atoms with Gasteiger partial charge in [0.05, 0.1) is 17.8 Å². The molecule has 19 nitrogen and oxygen atoms in total. The predicted octanol–water partition coefficient (Wildman–Crippen LogP) is 5.31. The number of carbonyl (C=O) groups is 8. The van der Waals surface area contributed by atoms with Gasteiger partial charge in [0.25, 0.3) is 17.7 Å². The second-order valence-corrected chi connectivity index (χ2v) is 20.1. The maximum absolute atomic E-state index is 15.2. The first-order valence-corrected chi connectivity index (χ1v) is 25.2. The summed E-state index contributed by atoms with van der Waals surface area (Å²) in [7, 11) is 1.39. The number of nitrogens with one attached hydrogen (secondary N) is 3. The number of halogens is 3. The lowest BCUT2D eigenvalue weighted by atomic mass is 9.84. The van der Waals surface area contributed by atoms with Gasteiger partial charge in [0.1, 0.15) is 24.1 Å². The van der Waals surface area contributed by atoms with Crippen LogP contribution in [-0.4, -0.2) is 137 Å². The summed E-state index contributed by atoms with van der Waals surface area (Å²) in [4.78, 5) is 111. The molecule has 0 spiro atoms. The number of primary amides is 1. The molecule has 22 heteroatoms. The van der Waals surface area contributed by atoms with Gasteiger partial charge in [0, 0.05) is 95.0 Å². The van der Waals surface area contributed by atoms with E-state index in [0.29, 0.717) is 25.1 Å². The molecule has 2 aromatic carbocycles. The van der Waals surface area contributed by atoms with Crippen LogP contribution in [0.2, 0.25) is 0 Å². The number of hydrogen-bond donors (Lipinski definition) is 5. The normalized spacial score (nSPS) is 14.0. The van der Waals surface area contributed by atoms with Crippen molar-refractivity contribution in [1.82, 2.24) is 40.2 Å². The summed E-state index contributed by atoms with van der Waals surface area (Å²) in [5.41, 5.74) is 11.3. The van der Waals surface area contributed by atoms with Crippen molar-refractivity contribution in [3.8, 4) is 11.3 Å². The summed E-state index contributed by atoms with van der Waals surface area (Å²) >= 11 is 0. The summed E-state index contributed by atoms with van der Waals surface area (Å²) in [6.45, 7) is 7.74. The zero-order chi connectivity index (χ0) is 55.4. The second kappa shape index (κ2) is 29.1. The maximum Gasteiger partial charge on any atom is 0.410 e. The number of Topliss-reactive ketones (excluding diaryl/α,β-unsaturated/α-hetero) is 1. The summed E-state index contributed by atoms with van der Waals surface area (Å²) in [5.74, 6) is -5.04. The molecule has 0 radical (unpaired) electrons. The zero-order valence-corrected chi connectivity index (χ0v) is 43.8. The number of carbonyl (C=O) groups excluding carboxylic acids is 8. The molecule has 4 rings (SSSR count). The number of benzene rings is 2. The van der Waals surface area contributed by atoms with Crippen LogP contribution in [0, 0.1) is 28.9 Å². The van der Waals surface area contributed by atoms with Crippen molar-refractivity contribution in [3.05, 3.63) is 89.9 Å². The van der Waals surface area contributed by atoms with Gasteiger partial charge in [-0.05, 0) is 67.2 Å². The fraction of sp³-hybridized carbons (Fsp3) is 0.528. The first kappa shape index (κ1) is 60.5. The lowest BCUT2D eigenvalue weighted by Gasteiger charge is -2.40. The third kappa shape index (κ3) is 19.0. The molecule has 1 aliphatic heterocycles. The van der Waals surface area contributed by atoms with Gasteiger partial charge in [-0.1, -0.05) is 71.4 Å². The molecule has 3 aromatic rings. The van der Waals surface area contributed by atoms with E-state index in [4.69, 9.17) is 21.2 Å². The number of imidazole rings is 1. The summed E-state index contributed by atoms with van der Waals surface area (Å²) in [6.07, 6.45) is 4.88. The van der Waals surface area contributed by atoms with Crippen LogP contribution in [0.15, 0.2) is 66.9 Å². The van der Waals surface area contributed by atoms with Crippen LogP contribution in [0.4, 0.5) is 22.8 Å². The van der Waals surface area contributed by atoms with Crippen LogP contribution in [0.3, 0.4) is 0 Å². The Balaban J connectivity index is 1.42. The van der Waals surface area contributed by atoms with Gasteiger partial charge >= 0.3 is 12.1 Å². The van der Waals surface area contributed by atoms with Crippen LogP contribution in [-0.2, 0) is 40.0 Å². The van der Waals surface area contributed by atoms with E-state index < -0.39 is 78.3 Å². The Bertz CT molecular complexity index is 2460. The van der Waals surface area contributed by atoms with E-state index in [0.717, 1.165) is 33.6 Å². The number of likely N-dealkylation sites (N-methyl/N-ethyl adjacent to an activating group) is 1. The molecule has 75 heavy (non-hydrogen) atoms. The first-order chi connectivity index (χ1) is 35.5. The molecule has 0 bridgehead atoms. The number of nitrogens with zero attached hydrogens (tertiary/aromatic N) is 5. The summed E-state index contributed by atoms with van der Waals surface area (Å²) < 4.78 is 50.7. The van der Waals surface area contributed by atoms with Crippen LogP contribution in [0.1, 0.15) is 103 Å². The monoisotopic (exact) mass is 1050 g/mol. The quantitative estimate of drug-likeness (QED) is 0.0422. The van der Waals surface area contributed by atoms with Gasteiger partial charge in [-0.25, -0.2) is 27.7 Å². The first-order valence-electron chi connectivity index (χ1n) is 25.2. The van der Waals surface area contributed by atoms with Crippen molar-refractivity contribution in [2.75, 3.05) is 53.1 Å². The average molecular weight is 1050 g/mol. The highest BCUT2D eigenvalue weighted by molar-refractivity contribution is 6.12. The summed E-state index contributed by atoms with van der Waals surface area (Å²) in [6, 6.07) is 8.79. The molecular weight excluding hydrogens is 978 g/mol. The molecule has 1 aliphatic rings. The van der Waals surface area contributed by atoms with E-state index in [2.05, 4.69) is 16.0 Å². The molecule has 1 aromatic heterocycles. The smallest absolute Gasteiger partial charge is 0.410 e. The Morgan fingerprint density at radius 1 is 0.880 bits per heavy atom. The lowest BCUT2D eigenvalue weighted by Crippen LogP contribution is -2.47. The number of amides is 8. The zero-order valence-electron chi connectivity index (χ0n) is 43.8. The Hall–Kier alpha value is -7.10. The van der Waals surface area contributed by atoms with Crippen molar-refractivity contribution in [2.45, 2.75) is 111 Å². The van der Waals surface area contributed by atoms with Gasteiger partial charge in [-0.2, -0.15) is 0 Å². The number of aromatic nitrogens is 2. The Morgan fingerprint density at radius 3 is 2.21 bits per heavy atom. The molecule has 0 saturated heterocycles. The molecular formula is C53H73F3N10O9. The van der Waals surface area contributed by atoms with Gasteiger partial charge in [-0.3, -0.25) is 33.7 Å². The van der Waals surface area contributed by atoms with Crippen LogP contribution < -0.4 is 27.4 Å². The Morgan fingerprint density at radius 2 is 1.57 bits per heavy atom. The molecule has 0 fully saturated rings. The molecule has 4 atom stereocenters. The predicted molar refractivity (Wildman–Crippen MR) is 274 cm³/mol. The number of ether oxygens (including phenoxy) is 1. The van der Waals surface area contributed by atoms with Gasteiger partial charge in [-0.15, -0.1) is 0 Å². The number of hydrogen-bond acceptors (Lipinski definition) is 11. The summed E-state index contributed by atoms with van der Waals surface area (Å²) in [5, 5.41) is 7.99. The van der Waals surface area contributed by atoms with E-state index in [-0.39, 0.29) is 112 Å². The highest BCUT2D eigenvalue weighted by atomic mass is 19.1. The SMILES string of the molecule is CC(C)[C@H](NC(=O)CCCCCN1C(=O)C=CC1=O)C(=O)C[C@@H](CCCNC(N)=O)C(=O)NCCN(C)C(=O)OCC(=O)N(CC[C@H](N)CF)[C@@H](c1nc(-c2cc(F)ccc2F)cn1Cc1ccccc1)C(C)(C)C. The molecule has 8 amide bonds. The molecule has 0 unspecified atom stereocenters. The number of ketones is 1. The van der Waals surface area contributed by atoms with E-state index in [9.17, 15) is 47.1 Å². The molecule has 0 aliphatic carbocycles. The van der Waals surface area contributed by atoms with Crippen molar-refractivity contribution in [3.63, 3.8) is 0 Å². The minimum Gasteiger partial charge on any atom is -0.439 e. The van der Waals surface area contributed by atoms with E-state index in [1.165, 1.54) is 24.1 Å². The minimum absolute atomic E-state index is 0.0167. The maximum atomic E-state index is 15.2. The van der Waals surface area contributed by atoms with E-state index in [1.54, 1.807) is 24.6 Å². The Kier molecular flexibility index (Phi) is 23.5. The third-order valence-corrected chi connectivity index (χ3v) is 12.6. The topological polar surface area (TPSA) is 261 Å². The van der Waals surface area contributed by atoms with Crippen molar-refractivity contribution < 1.29 is 56.3 Å². The highest BCUT2D eigenvalue weighted by Gasteiger charge is 2.39. The van der Waals surface area contributed by atoms with E-state index >= 15 is 4.39 Å². The lowest BCUT2D eigenvalue weighted by molar-refractivity contribution is -0.140. The number of alkyl halides is 1. The highest BCUT2D eigenvalue weighted by Crippen LogP contribution is 2.40. The standard InChI is InChI=1S/C53H73F3N10O9/c1-34(2)47(62-43(68)17-11-8-12-25-65-44(69)20-21-45(65)70)42(67)28-36(16-13-23-60-51(58)73)50(72)59-24-27-63(6)52(74)75-33-46(71)66(26-22-38(57)30-54)48(53(3,4)5)49-61-41(39-29-37(55)18-19-40(39)56)32-64(49)31-35-14-9-7-10-15-35/h7,9-10,14-15,18-21,29,32,34,36,38,47-48H,8,11-13,16-17,22-28,30-31,33,57H2,1-6H3,(H,59,72)(H,62,68)(H3,58,60,73)/t36-,38+,47+,48+/m1/s1. The third-order valence-electron chi connectivity index (χ3n) is 12.6. The Labute approximate surface area is 436 Å². The molecule has 7 N–H and O–H groups in total. The van der Waals surface area contributed by atoms with Crippen LogP contribution in [0.5, 0.6) is 0 Å².